The van der Waals surface area contributed by atoms with Crippen LogP contribution in [0.1, 0.15) is 24.3 Å². The number of hydrogen-bond donors (Lipinski definition) is 1. The van der Waals surface area contributed by atoms with E-state index in [9.17, 15) is 0 Å². The molecule has 3 aromatic rings. The summed E-state index contributed by atoms with van der Waals surface area (Å²) in [5.41, 5.74) is 4.45. The molecule has 4 rings (SSSR count). The second-order valence-corrected chi connectivity index (χ2v) is 7.93. The monoisotopic (exact) mass is 458 g/mol. The van der Waals surface area contributed by atoms with Crippen molar-refractivity contribution in [2.75, 3.05) is 18.2 Å². The third kappa shape index (κ3) is 3.66. The molecule has 8 heteroatoms. The second kappa shape index (κ2) is 7.97. The predicted molar refractivity (Wildman–Crippen MR) is 114 cm³/mol. The third-order valence-electron chi connectivity index (χ3n) is 4.37. The average Bonchev–Trinajstić information content (AvgIpc) is 2.85. The molecular formula is C20H19BrN4O2S. The lowest BCUT2D eigenvalue weighted by molar-refractivity contribution is 0.225. The van der Waals surface area contributed by atoms with Crippen molar-refractivity contribution < 1.29 is 9.47 Å². The minimum atomic E-state index is -0.415. The molecule has 1 aliphatic rings. The summed E-state index contributed by atoms with van der Waals surface area (Å²) in [4.78, 5) is 4.55. The zero-order valence-corrected chi connectivity index (χ0v) is 18.1. The van der Waals surface area contributed by atoms with Gasteiger partial charge in [-0.25, -0.2) is 0 Å². The second-order valence-electron chi connectivity index (χ2n) is 6.24. The zero-order chi connectivity index (χ0) is 19.7. The normalized spacial score (nSPS) is 14.9. The van der Waals surface area contributed by atoms with Gasteiger partial charge in [0.15, 0.2) is 11.9 Å². The molecule has 0 amide bonds. The molecule has 1 unspecified atom stereocenters. The molecule has 28 heavy (non-hydrogen) atoms. The van der Waals surface area contributed by atoms with Gasteiger partial charge in [0.2, 0.25) is 11.0 Å². The number of nitrogens with zero attached hydrogens (tertiary/aromatic N) is 3. The molecule has 2 aromatic carbocycles. The van der Waals surface area contributed by atoms with Gasteiger partial charge in [-0.05, 0) is 62.1 Å². The highest BCUT2D eigenvalue weighted by Gasteiger charge is 2.26. The number of fused-ring (bicyclic) bond motifs is 3. The average molecular weight is 459 g/mol. The van der Waals surface area contributed by atoms with Gasteiger partial charge in [-0.15, -0.1) is 10.2 Å². The number of nitrogens with one attached hydrogen (secondary N) is 1. The van der Waals surface area contributed by atoms with Crippen molar-refractivity contribution in [1.82, 2.24) is 15.2 Å². The van der Waals surface area contributed by atoms with E-state index in [-0.39, 0.29) is 0 Å². The summed E-state index contributed by atoms with van der Waals surface area (Å²) >= 11 is 4.96. The van der Waals surface area contributed by atoms with Crippen molar-refractivity contribution in [3.8, 4) is 22.9 Å². The van der Waals surface area contributed by atoms with E-state index in [1.807, 2.05) is 50.4 Å². The quantitative estimate of drug-likeness (QED) is 0.536. The van der Waals surface area contributed by atoms with Crippen LogP contribution in [0.25, 0.3) is 11.3 Å². The number of aromatic nitrogens is 3. The Morgan fingerprint density at radius 1 is 1.21 bits per heavy atom. The first-order valence-corrected chi connectivity index (χ1v) is 10.9. The smallest absolute Gasteiger partial charge is 0.247 e. The van der Waals surface area contributed by atoms with Crippen LogP contribution in [-0.2, 0) is 0 Å². The van der Waals surface area contributed by atoms with Crippen LogP contribution in [0.2, 0.25) is 0 Å². The van der Waals surface area contributed by atoms with E-state index in [4.69, 9.17) is 9.47 Å². The molecule has 0 saturated carbocycles. The summed E-state index contributed by atoms with van der Waals surface area (Å²) in [6.07, 6.45) is 1.50. The summed E-state index contributed by atoms with van der Waals surface area (Å²) in [5, 5.41) is 12.6. The first-order chi connectivity index (χ1) is 13.6. The standard InChI is InChI=1S/C20H19BrN4O2S/c1-4-26-16-8-5-12(9-11(16)2)18-22-15-7-6-13(21)10-14(15)17-19(27-18)23-20(28-3)25-24-17/h5-10,18,22H,4H2,1-3H3. The van der Waals surface area contributed by atoms with Gasteiger partial charge in [-0.3, -0.25) is 0 Å². The third-order valence-corrected chi connectivity index (χ3v) is 5.40. The molecule has 1 aliphatic heterocycles. The van der Waals surface area contributed by atoms with Crippen LogP contribution in [0.4, 0.5) is 5.69 Å². The highest BCUT2D eigenvalue weighted by molar-refractivity contribution is 9.10. The molecule has 1 N–H and O–H groups in total. The topological polar surface area (TPSA) is 69.2 Å². The molecule has 2 heterocycles. The molecule has 0 fully saturated rings. The fraction of sp³-hybridized carbons (Fsp3) is 0.250. The van der Waals surface area contributed by atoms with Gasteiger partial charge < -0.3 is 14.8 Å². The lowest BCUT2D eigenvalue weighted by Crippen LogP contribution is -2.17. The molecular weight excluding hydrogens is 440 g/mol. The molecule has 0 spiro atoms. The molecule has 0 aliphatic carbocycles. The van der Waals surface area contributed by atoms with E-state index in [2.05, 4.69) is 42.5 Å². The van der Waals surface area contributed by atoms with Crippen LogP contribution in [0.3, 0.4) is 0 Å². The molecule has 0 radical (unpaired) electrons. The fourth-order valence-corrected chi connectivity index (χ4v) is 3.72. The van der Waals surface area contributed by atoms with Crippen LogP contribution >= 0.6 is 27.7 Å². The Bertz CT molecular complexity index is 1030. The molecule has 0 bridgehead atoms. The summed E-state index contributed by atoms with van der Waals surface area (Å²) in [6, 6.07) is 12.0. The first kappa shape index (κ1) is 19.0. The number of hydrogen-bond acceptors (Lipinski definition) is 7. The maximum absolute atomic E-state index is 6.27. The van der Waals surface area contributed by atoms with E-state index in [0.717, 1.165) is 32.6 Å². The minimum absolute atomic E-state index is 0.415. The molecule has 6 nitrogen and oxygen atoms in total. The minimum Gasteiger partial charge on any atom is -0.494 e. The van der Waals surface area contributed by atoms with Gasteiger partial charge in [-0.2, -0.15) is 4.98 Å². The Balaban J connectivity index is 1.81. The van der Waals surface area contributed by atoms with E-state index < -0.39 is 6.23 Å². The first-order valence-electron chi connectivity index (χ1n) is 8.84. The van der Waals surface area contributed by atoms with E-state index in [1.165, 1.54) is 11.8 Å². The van der Waals surface area contributed by atoms with E-state index >= 15 is 0 Å². The number of halogens is 1. The SMILES string of the molecule is CCOc1ccc(C2Nc3ccc(Br)cc3-c3nnc(SC)nc3O2)cc1C. The Kier molecular flexibility index (Phi) is 5.41. The number of rotatable bonds is 4. The van der Waals surface area contributed by atoms with E-state index in [1.54, 1.807) is 0 Å². The van der Waals surface area contributed by atoms with Crippen molar-refractivity contribution in [3.05, 3.63) is 52.0 Å². The highest BCUT2D eigenvalue weighted by atomic mass is 79.9. The Morgan fingerprint density at radius 2 is 2.07 bits per heavy atom. The van der Waals surface area contributed by atoms with Crippen molar-refractivity contribution in [3.63, 3.8) is 0 Å². The summed E-state index contributed by atoms with van der Waals surface area (Å²) < 4.78 is 12.9. The lowest BCUT2D eigenvalue weighted by atomic mass is 10.1. The van der Waals surface area contributed by atoms with Crippen LogP contribution in [0.15, 0.2) is 46.0 Å². The maximum Gasteiger partial charge on any atom is 0.247 e. The van der Waals surface area contributed by atoms with Gasteiger partial charge in [0.25, 0.3) is 0 Å². The number of ether oxygens (including phenoxy) is 2. The molecule has 1 atom stereocenters. The number of anilines is 1. The van der Waals surface area contributed by atoms with Gasteiger partial charge in [0, 0.05) is 21.3 Å². The summed E-state index contributed by atoms with van der Waals surface area (Å²) in [7, 11) is 0. The Labute approximate surface area is 176 Å². The number of benzene rings is 2. The fourth-order valence-electron chi connectivity index (χ4n) is 3.06. The highest BCUT2D eigenvalue weighted by Crippen LogP contribution is 2.41. The van der Waals surface area contributed by atoms with Crippen LogP contribution in [0.5, 0.6) is 11.6 Å². The predicted octanol–water partition coefficient (Wildman–Crippen LogP) is 5.23. The number of thioether (sulfide) groups is 1. The largest absolute Gasteiger partial charge is 0.494 e. The Hall–Kier alpha value is -2.32. The summed E-state index contributed by atoms with van der Waals surface area (Å²) in [6.45, 7) is 4.64. The van der Waals surface area contributed by atoms with E-state index in [0.29, 0.717) is 23.3 Å². The van der Waals surface area contributed by atoms with Crippen LogP contribution in [-0.4, -0.2) is 28.0 Å². The lowest BCUT2D eigenvalue weighted by Gasteiger charge is -2.20. The zero-order valence-electron chi connectivity index (χ0n) is 15.7. The van der Waals surface area contributed by atoms with Crippen LogP contribution < -0.4 is 14.8 Å². The molecule has 0 saturated heterocycles. The Morgan fingerprint density at radius 3 is 2.82 bits per heavy atom. The molecule has 1 aromatic heterocycles. The van der Waals surface area contributed by atoms with Gasteiger partial charge in [0.1, 0.15) is 5.75 Å². The van der Waals surface area contributed by atoms with Crippen LogP contribution in [0, 0.1) is 6.92 Å². The van der Waals surface area contributed by atoms with Gasteiger partial charge in [0.05, 0.1) is 6.61 Å². The van der Waals surface area contributed by atoms with Crippen molar-refractivity contribution >= 4 is 33.4 Å². The number of aryl methyl sites for hydroxylation is 1. The van der Waals surface area contributed by atoms with Crippen molar-refractivity contribution in [1.29, 1.82) is 0 Å². The summed E-state index contributed by atoms with van der Waals surface area (Å²) in [5.74, 6) is 1.33. The van der Waals surface area contributed by atoms with Gasteiger partial charge >= 0.3 is 0 Å². The molecule has 144 valence electrons. The van der Waals surface area contributed by atoms with Crippen molar-refractivity contribution in [2.45, 2.75) is 25.2 Å². The maximum atomic E-state index is 6.27. The van der Waals surface area contributed by atoms with Gasteiger partial charge in [-0.1, -0.05) is 27.7 Å². The van der Waals surface area contributed by atoms with Crippen molar-refractivity contribution in [2.24, 2.45) is 0 Å².